The number of fused-ring (bicyclic) bond motifs is 1. The number of aromatic nitrogens is 2. The van der Waals surface area contributed by atoms with Crippen LogP contribution >= 0.6 is 23.4 Å². The molecule has 0 aliphatic carbocycles. The molecule has 1 aromatic heterocycles. The van der Waals surface area contributed by atoms with Gasteiger partial charge >= 0.3 is 0 Å². The van der Waals surface area contributed by atoms with E-state index in [2.05, 4.69) is 16.9 Å². The molecule has 3 rings (SSSR count). The molecule has 0 spiro atoms. The van der Waals surface area contributed by atoms with E-state index in [1.807, 2.05) is 0 Å². The van der Waals surface area contributed by atoms with E-state index in [0.29, 0.717) is 26.8 Å². The molecule has 3 aromatic rings. The molecule has 1 heterocycles. The van der Waals surface area contributed by atoms with E-state index >= 15 is 0 Å². The van der Waals surface area contributed by atoms with Gasteiger partial charge in [-0.1, -0.05) is 29.4 Å². The van der Waals surface area contributed by atoms with E-state index in [4.69, 9.17) is 11.6 Å². The third kappa shape index (κ3) is 5.74. The van der Waals surface area contributed by atoms with Crippen molar-refractivity contribution in [3.63, 3.8) is 0 Å². The van der Waals surface area contributed by atoms with Crippen molar-refractivity contribution in [2.24, 2.45) is 0 Å². The molecule has 2 aromatic carbocycles. The van der Waals surface area contributed by atoms with Gasteiger partial charge in [-0.2, -0.15) is 0 Å². The van der Waals surface area contributed by atoms with Gasteiger partial charge in [0.1, 0.15) is 5.82 Å². The van der Waals surface area contributed by atoms with Gasteiger partial charge in [0.2, 0.25) is 11.8 Å². The van der Waals surface area contributed by atoms with Crippen LogP contribution in [-0.2, 0) is 16.1 Å². The summed E-state index contributed by atoms with van der Waals surface area (Å²) in [5, 5.41) is 3.77. The largest absolute Gasteiger partial charge is 0.336 e. The standard InChI is InChI=1S/C22H20ClFN4O3S/c1-3-10-28-21(31)17-11-14(23)4-9-18(17)26-22(28)32-13-20(30)27(2)12-19(29)25-16-7-5-15(24)6-8-16/h3-9,11H,1,10,12-13H2,2H3,(H,25,29). The number of amides is 2. The lowest BCUT2D eigenvalue weighted by molar-refractivity contribution is -0.131. The van der Waals surface area contributed by atoms with Gasteiger partial charge in [-0.15, -0.1) is 6.58 Å². The number of hydrogen-bond acceptors (Lipinski definition) is 5. The van der Waals surface area contributed by atoms with Gasteiger partial charge in [-0.25, -0.2) is 9.37 Å². The molecule has 1 N–H and O–H groups in total. The molecule has 2 amide bonds. The summed E-state index contributed by atoms with van der Waals surface area (Å²) in [6, 6.07) is 10.2. The minimum absolute atomic E-state index is 0.0248. The van der Waals surface area contributed by atoms with Gasteiger partial charge in [0, 0.05) is 24.3 Å². The van der Waals surface area contributed by atoms with Gasteiger partial charge in [0.05, 0.1) is 23.2 Å². The van der Waals surface area contributed by atoms with Crippen molar-refractivity contribution in [2.45, 2.75) is 11.7 Å². The first kappa shape index (κ1) is 23.5. The normalized spacial score (nSPS) is 10.7. The van der Waals surface area contributed by atoms with Crippen LogP contribution in [-0.4, -0.2) is 45.6 Å². The molecule has 7 nitrogen and oxygen atoms in total. The summed E-state index contributed by atoms with van der Waals surface area (Å²) in [6.07, 6.45) is 1.57. The predicted molar refractivity (Wildman–Crippen MR) is 125 cm³/mol. The first-order valence-corrected chi connectivity index (χ1v) is 10.9. The summed E-state index contributed by atoms with van der Waals surface area (Å²) in [6.45, 7) is 3.71. The van der Waals surface area contributed by atoms with E-state index in [1.165, 1.54) is 40.8 Å². The molecular weight excluding hydrogens is 455 g/mol. The Kier molecular flexibility index (Phi) is 7.66. The van der Waals surface area contributed by atoms with Gasteiger partial charge < -0.3 is 10.2 Å². The topological polar surface area (TPSA) is 84.3 Å². The Morgan fingerprint density at radius 3 is 2.69 bits per heavy atom. The van der Waals surface area contributed by atoms with E-state index in [-0.39, 0.29) is 30.3 Å². The Balaban J connectivity index is 1.67. The van der Waals surface area contributed by atoms with Crippen LogP contribution in [0, 0.1) is 5.82 Å². The first-order chi connectivity index (χ1) is 15.3. The number of nitrogens with one attached hydrogen (secondary N) is 1. The number of carbonyl (C=O) groups is 2. The number of carbonyl (C=O) groups excluding carboxylic acids is 2. The number of allylic oxidation sites excluding steroid dienone is 1. The molecule has 0 radical (unpaired) electrons. The predicted octanol–water partition coefficient (Wildman–Crippen LogP) is 3.56. The maximum atomic E-state index is 13.0. The zero-order valence-corrected chi connectivity index (χ0v) is 18.8. The van der Waals surface area contributed by atoms with Crippen molar-refractivity contribution < 1.29 is 14.0 Å². The molecule has 166 valence electrons. The van der Waals surface area contributed by atoms with Crippen LogP contribution < -0.4 is 10.9 Å². The van der Waals surface area contributed by atoms with E-state index in [0.717, 1.165) is 11.8 Å². The minimum Gasteiger partial charge on any atom is -0.336 e. The second-order valence-corrected chi connectivity index (χ2v) is 8.23. The third-order valence-electron chi connectivity index (χ3n) is 4.45. The minimum atomic E-state index is -0.415. The van der Waals surface area contributed by atoms with Gasteiger partial charge in [-0.05, 0) is 42.5 Å². The van der Waals surface area contributed by atoms with Crippen molar-refractivity contribution in [3.8, 4) is 0 Å². The van der Waals surface area contributed by atoms with Crippen LogP contribution in [0.3, 0.4) is 0 Å². The quantitative estimate of drug-likeness (QED) is 0.306. The summed E-state index contributed by atoms with van der Waals surface area (Å²) >= 11 is 7.09. The molecule has 0 aliphatic rings. The Morgan fingerprint density at radius 2 is 2.00 bits per heavy atom. The second-order valence-electron chi connectivity index (χ2n) is 6.85. The molecule has 0 fully saturated rings. The maximum absolute atomic E-state index is 13.0. The number of thioether (sulfide) groups is 1. The average Bonchev–Trinajstić information content (AvgIpc) is 2.76. The lowest BCUT2D eigenvalue weighted by atomic mass is 10.2. The molecule has 0 unspecified atom stereocenters. The highest BCUT2D eigenvalue weighted by atomic mass is 35.5. The molecule has 0 bridgehead atoms. The fourth-order valence-corrected chi connectivity index (χ4v) is 3.97. The summed E-state index contributed by atoms with van der Waals surface area (Å²) in [5.74, 6) is -1.17. The van der Waals surface area contributed by atoms with Crippen molar-refractivity contribution in [1.82, 2.24) is 14.5 Å². The number of nitrogens with zero attached hydrogens (tertiary/aromatic N) is 3. The maximum Gasteiger partial charge on any atom is 0.262 e. The third-order valence-corrected chi connectivity index (χ3v) is 5.65. The smallest absolute Gasteiger partial charge is 0.262 e. The van der Waals surface area contributed by atoms with Crippen LogP contribution in [0.2, 0.25) is 5.02 Å². The van der Waals surface area contributed by atoms with Gasteiger partial charge in [0.25, 0.3) is 5.56 Å². The highest BCUT2D eigenvalue weighted by molar-refractivity contribution is 7.99. The summed E-state index contributed by atoms with van der Waals surface area (Å²) < 4.78 is 14.4. The molecule has 32 heavy (non-hydrogen) atoms. The van der Waals surface area contributed by atoms with E-state index < -0.39 is 11.7 Å². The van der Waals surface area contributed by atoms with Crippen LogP contribution in [0.25, 0.3) is 10.9 Å². The van der Waals surface area contributed by atoms with E-state index in [9.17, 15) is 18.8 Å². The van der Waals surface area contributed by atoms with Crippen LogP contribution in [0.15, 0.2) is 65.1 Å². The van der Waals surface area contributed by atoms with Crippen molar-refractivity contribution in [2.75, 3.05) is 24.7 Å². The van der Waals surface area contributed by atoms with Crippen LogP contribution in [0.1, 0.15) is 0 Å². The molecule has 0 aliphatic heterocycles. The number of benzene rings is 2. The average molecular weight is 475 g/mol. The zero-order valence-electron chi connectivity index (χ0n) is 17.2. The number of rotatable bonds is 8. The number of likely N-dealkylation sites (N-methyl/N-ethyl adjacent to an activating group) is 1. The van der Waals surface area contributed by atoms with Crippen molar-refractivity contribution >= 4 is 51.8 Å². The fourth-order valence-electron chi connectivity index (χ4n) is 2.85. The summed E-state index contributed by atoms with van der Waals surface area (Å²) in [7, 11) is 1.50. The highest BCUT2D eigenvalue weighted by Gasteiger charge is 2.17. The Labute approximate surface area is 192 Å². The van der Waals surface area contributed by atoms with Crippen LogP contribution in [0.4, 0.5) is 10.1 Å². The van der Waals surface area contributed by atoms with Crippen molar-refractivity contribution in [3.05, 3.63) is 76.3 Å². The SMILES string of the molecule is C=CCn1c(SCC(=O)N(C)CC(=O)Nc2ccc(F)cc2)nc2ccc(Cl)cc2c1=O. The van der Waals surface area contributed by atoms with Gasteiger partial charge in [0.15, 0.2) is 5.16 Å². The fraction of sp³-hybridized carbons (Fsp3) is 0.182. The highest BCUT2D eigenvalue weighted by Crippen LogP contribution is 2.20. The number of anilines is 1. The lowest BCUT2D eigenvalue weighted by Crippen LogP contribution is -2.36. The van der Waals surface area contributed by atoms with Crippen molar-refractivity contribution in [1.29, 1.82) is 0 Å². The lowest BCUT2D eigenvalue weighted by Gasteiger charge is -2.17. The molecule has 0 atom stereocenters. The molecule has 0 saturated carbocycles. The van der Waals surface area contributed by atoms with Gasteiger partial charge in [-0.3, -0.25) is 19.0 Å². The second kappa shape index (κ2) is 10.4. The first-order valence-electron chi connectivity index (χ1n) is 9.51. The van der Waals surface area contributed by atoms with Crippen LogP contribution in [0.5, 0.6) is 0 Å². The molecule has 0 saturated heterocycles. The summed E-state index contributed by atoms with van der Waals surface area (Å²) in [5.41, 5.74) is 0.626. The Hall–Kier alpha value is -3.17. The monoisotopic (exact) mass is 474 g/mol. The number of halogens is 2. The summed E-state index contributed by atoms with van der Waals surface area (Å²) in [4.78, 5) is 43.3. The number of hydrogen-bond donors (Lipinski definition) is 1. The van der Waals surface area contributed by atoms with E-state index in [1.54, 1.807) is 24.3 Å². The zero-order chi connectivity index (χ0) is 23.3. The molecule has 10 heteroatoms. The Bertz CT molecular complexity index is 1230. The molecular formula is C22H20ClFN4O3S. The Morgan fingerprint density at radius 1 is 1.28 bits per heavy atom.